The summed E-state index contributed by atoms with van der Waals surface area (Å²) in [5, 5.41) is 0. The minimum Gasteiger partial charge on any atom is -0.425 e. The molecule has 0 unspecified atom stereocenters. The number of hydrogen-bond donors (Lipinski definition) is 0. The van der Waals surface area contributed by atoms with Crippen molar-refractivity contribution in [1.29, 1.82) is 0 Å². The van der Waals surface area contributed by atoms with Gasteiger partial charge in [-0.2, -0.15) is 0 Å². The van der Waals surface area contributed by atoms with Crippen LogP contribution in [0.1, 0.15) is 13.3 Å². The molecule has 2 amide bonds. The Labute approximate surface area is 159 Å². The number of esters is 1. The zero-order chi connectivity index (χ0) is 18.2. The summed E-state index contributed by atoms with van der Waals surface area (Å²) in [5.74, 6) is 0.240. The molecule has 0 spiro atoms. The predicted molar refractivity (Wildman–Crippen MR) is 95.8 cm³/mol. The molecule has 6 rings (SSSR count). The average Bonchev–Trinajstić information content (AvgIpc) is 3.41. The molecule has 4 aliphatic carbocycles. The zero-order valence-corrected chi connectivity index (χ0v) is 15.8. The SMILES string of the molecule is C[C@H](C(=O)Oc1ccc(Br)cc1)N1C(=O)[C@@H]2[C@H]3C=C[C@@H]([C@@H]4C[C@H]34)[C@@H]2C1=O. The second-order valence-electron chi connectivity index (χ2n) is 7.75. The lowest BCUT2D eigenvalue weighted by Crippen LogP contribution is -2.45. The lowest BCUT2D eigenvalue weighted by Gasteiger charge is -2.37. The van der Waals surface area contributed by atoms with E-state index in [-0.39, 0.29) is 35.5 Å². The third kappa shape index (κ3) is 2.17. The van der Waals surface area contributed by atoms with Crippen LogP contribution in [0.25, 0.3) is 0 Å². The lowest BCUT2D eigenvalue weighted by atomic mass is 9.63. The maximum absolute atomic E-state index is 13.0. The van der Waals surface area contributed by atoms with Crippen LogP contribution in [0.3, 0.4) is 0 Å². The number of carbonyl (C=O) groups excluding carboxylic acids is 3. The monoisotopic (exact) mass is 415 g/mol. The highest BCUT2D eigenvalue weighted by atomic mass is 79.9. The molecule has 7 atom stereocenters. The van der Waals surface area contributed by atoms with Crippen molar-refractivity contribution in [3.63, 3.8) is 0 Å². The minimum absolute atomic E-state index is 0.158. The average molecular weight is 416 g/mol. The van der Waals surface area contributed by atoms with E-state index in [0.717, 1.165) is 15.8 Å². The number of halogens is 1. The topological polar surface area (TPSA) is 63.7 Å². The quantitative estimate of drug-likeness (QED) is 0.329. The summed E-state index contributed by atoms with van der Waals surface area (Å²) >= 11 is 3.33. The van der Waals surface area contributed by atoms with E-state index in [1.807, 2.05) is 0 Å². The molecular formula is C20H18BrNO4. The number of amides is 2. The first-order valence-corrected chi connectivity index (χ1v) is 9.79. The molecule has 5 nitrogen and oxygen atoms in total. The van der Waals surface area contributed by atoms with E-state index in [9.17, 15) is 14.4 Å². The van der Waals surface area contributed by atoms with E-state index < -0.39 is 12.0 Å². The van der Waals surface area contributed by atoms with Gasteiger partial charge >= 0.3 is 5.97 Å². The van der Waals surface area contributed by atoms with E-state index in [0.29, 0.717) is 17.6 Å². The molecule has 0 radical (unpaired) electrons. The van der Waals surface area contributed by atoms with Crippen molar-refractivity contribution in [3.8, 4) is 5.75 Å². The van der Waals surface area contributed by atoms with Gasteiger partial charge in [-0.3, -0.25) is 14.5 Å². The van der Waals surface area contributed by atoms with Gasteiger partial charge in [0.1, 0.15) is 11.8 Å². The normalized spacial score (nSPS) is 37.4. The van der Waals surface area contributed by atoms with Gasteiger partial charge in [-0.25, -0.2) is 4.79 Å². The lowest BCUT2D eigenvalue weighted by molar-refractivity contribution is -0.152. The maximum Gasteiger partial charge on any atom is 0.334 e. The number of allylic oxidation sites excluding steroid dienone is 2. The van der Waals surface area contributed by atoms with Crippen LogP contribution in [-0.2, 0) is 14.4 Å². The molecule has 1 saturated heterocycles. The standard InChI is InChI=1S/C20H18BrNO4/c1-9(20(25)26-11-4-2-10(21)3-5-11)22-18(23)16-12-6-7-13(15-8-14(12)15)17(16)19(22)24/h2-7,9,12-17H,8H2,1H3/t9-,12+,13+,14-,15+,16-,17+/m1/s1. The van der Waals surface area contributed by atoms with Crippen molar-refractivity contribution >= 4 is 33.7 Å². The highest BCUT2D eigenvalue weighted by molar-refractivity contribution is 9.10. The molecule has 2 bridgehead atoms. The van der Waals surface area contributed by atoms with Crippen molar-refractivity contribution in [2.75, 3.05) is 0 Å². The van der Waals surface area contributed by atoms with E-state index in [4.69, 9.17) is 4.74 Å². The number of hydrogen-bond acceptors (Lipinski definition) is 4. The Bertz CT molecular complexity index is 812. The number of nitrogens with zero attached hydrogens (tertiary/aromatic N) is 1. The molecule has 1 heterocycles. The Balaban J connectivity index is 1.37. The molecule has 134 valence electrons. The van der Waals surface area contributed by atoms with Gasteiger partial charge in [0.2, 0.25) is 11.8 Å². The summed E-state index contributed by atoms with van der Waals surface area (Å²) in [4.78, 5) is 39.7. The van der Waals surface area contributed by atoms with Gasteiger partial charge in [0, 0.05) is 4.47 Å². The summed E-state index contributed by atoms with van der Waals surface area (Å²) in [5.41, 5.74) is 0. The summed E-state index contributed by atoms with van der Waals surface area (Å²) < 4.78 is 6.25. The number of likely N-dealkylation sites (tertiary alicyclic amines) is 1. The molecule has 3 fully saturated rings. The molecule has 1 aliphatic heterocycles. The Kier molecular flexibility index (Phi) is 3.45. The second-order valence-corrected chi connectivity index (χ2v) is 8.67. The van der Waals surface area contributed by atoms with Gasteiger partial charge in [-0.05, 0) is 61.3 Å². The molecular weight excluding hydrogens is 398 g/mol. The molecule has 5 aliphatic rings. The van der Waals surface area contributed by atoms with Gasteiger partial charge in [-0.1, -0.05) is 28.1 Å². The molecule has 0 aromatic heterocycles. The fraction of sp³-hybridized carbons (Fsp3) is 0.450. The van der Waals surface area contributed by atoms with Crippen LogP contribution in [0.4, 0.5) is 0 Å². The van der Waals surface area contributed by atoms with Crippen molar-refractivity contribution in [1.82, 2.24) is 4.90 Å². The number of ether oxygens (including phenoxy) is 1. The van der Waals surface area contributed by atoms with Crippen molar-refractivity contribution in [2.45, 2.75) is 19.4 Å². The summed E-state index contributed by atoms with van der Waals surface area (Å²) in [6.07, 6.45) is 5.37. The van der Waals surface area contributed by atoms with Gasteiger partial charge in [0.05, 0.1) is 11.8 Å². The molecule has 0 N–H and O–H groups in total. The smallest absolute Gasteiger partial charge is 0.334 e. The van der Waals surface area contributed by atoms with Crippen LogP contribution in [0.5, 0.6) is 5.75 Å². The molecule has 26 heavy (non-hydrogen) atoms. The van der Waals surface area contributed by atoms with Crippen LogP contribution in [0.2, 0.25) is 0 Å². The van der Waals surface area contributed by atoms with Crippen molar-refractivity contribution in [3.05, 3.63) is 40.9 Å². The maximum atomic E-state index is 13.0. The number of rotatable bonds is 3. The van der Waals surface area contributed by atoms with Gasteiger partial charge in [-0.15, -0.1) is 0 Å². The van der Waals surface area contributed by atoms with Crippen LogP contribution >= 0.6 is 15.9 Å². The molecule has 1 aromatic rings. The largest absolute Gasteiger partial charge is 0.425 e. The van der Waals surface area contributed by atoms with Crippen molar-refractivity contribution < 1.29 is 19.1 Å². The summed E-state index contributed by atoms with van der Waals surface area (Å²) in [6.45, 7) is 1.57. The minimum atomic E-state index is -0.917. The summed E-state index contributed by atoms with van der Waals surface area (Å²) in [6, 6.07) is 5.95. The van der Waals surface area contributed by atoms with Crippen LogP contribution in [0, 0.1) is 35.5 Å². The van der Waals surface area contributed by atoms with E-state index in [2.05, 4.69) is 28.1 Å². The van der Waals surface area contributed by atoms with Crippen LogP contribution in [0.15, 0.2) is 40.9 Å². The van der Waals surface area contributed by atoms with Gasteiger partial charge < -0.3 is 4.74 Å². The van der Waals surface area contributed by atoms with Crippen LogP contribution in [-0.4, -0.2) is 28.7 Å². The Morgan fingerprint density at radius 2 is 1.62 bits per heavy atom. The highest BCUT2D eigenvalue weighted by Crippen LogP contribution is 2.65. The predicted octanol–water partition coefficient (Wildman–Crippen LogP) is 2.80. The first kappa shape index (κ1) is 16.2. The van der Waals surface area contributed by atoms with E-state index in [1.54, 1.807) is 31.2 Å². The first-order valence-electron chi connectivity index (χ1n) is 9.00. The molecule has 6 heteroatoms. The van der Waals surface area contributed by atoms with E-state index >= 15 is 0 Å². The first-order chi connectivity index (χ1) is 12.5. The highest BCUT2D eigenvalue weighted by Gasteiger charge is 2.67. The molecule has 2 saturated carbocycles. The fourth-order valence-electron chi connectivity index (χ4n) is 5.17. The third-order valence-electron chi connectivity index (χ3n) is 6.46. The Morgan fingerprint density at radius 1 is 1.08 bits per heavy atom. The van der Waals surface area contributed by atoms with Crippen LogP contribution < -0.4 is 4.74 Å². The Morgan fingerprint density at radius 3 is 2.15 bits per heavy atom. The van der Waals surface area contributed by atoms with Gasteiger partial charge in [0.15, 0.2) is 0 Å². The van der Waals surface area contributed by atoms with Gasteiger partial charge in [0.25, 0.3) is 0 Å². The number of imide groups is 1. The van der Waals surface area contributed by atoms with Crippen molar-refractivity contribution in [2.24, 2.45) is 35.5 Å². The number of benzene rings is 1. The van der Waals surface area contributed by atoms with E-state index in [1.165, 1.54) is 0 Å². The molecule has 1 aromatic carbocycles. The Hall–Kier alpha value is -1.95. The fourth-order valence-corrected chi connectivity index (χ4v) is 5.44. The number of carbonyl (C=O) groups is 3. The zero-order valence-electron chi connectivity index (χ0n) is 14.2. The third-order valence-corrected chi connectivity index (χ3v) is 6.99. The second kappa shape index (κ2) is 5.52. The summed E-state index contributed by atoms with van der Waals surface area (Å²) in [7, 11) is 0.